The summed E-state index contributed by atoms with van der Waals surface area (Å²) in [5.74, 6) is -1.64. The van der Waals surface area contributed by atoms with Crippen molar-refractivity contribution in [3.63, 3.8) is 0 Å². The number of hydrogen-bond donors (Lipinski definition) is 1. The predicted octanol–water partition coefficient (Wildman–Crippen LogP) is 4.38. The molecule has 0 saturated carbocycles. The van der Waals surface area contributed by atoms with Crippen LogP contribution in [0.2, 0.25) is 5.02 Å². The zero-order valence-corrected chi connectivity index (χ0v) is 25.6. The highest BCUT2D eigenvalue weighted by Gasteiger charge is 2.71. The Bertz CT molecular complexity index is 1440. The monoisotopic (exact) mass is 619 g/mol. The lowest BCUT2D eigenvalue weighted by Gasteiger charge is -2.35. The Balaban J connectivity index is 1.36. The summed E-state index contributed by atoms with van der Waals surface area (Å²) < 4.78 is 12.3. The molecule has 10 heteroatoms. The van der Waals surface area contributed by atoms with Crippen molar-refractivity contribution in [2.45, 2.75) is 50.4 Å². The van der Waals surface area contributed by atoms with Gasteiger partial charge in [0.1, 0.15) is 17.4 Å². The molecule has 1 spiro atoms. The average molecular weight is 620 g/mol. The van der Waals surface area contributed by atoms with Crippen molar-refractivity contribution in [3.8, 4) is 5.75 Å². The molecule has 232 valence electrons. The quantitative estimate of drug-likeness (QED) is 0.313. The number of hydrogen-bond acceptors (Lipinski definition) is 6. The normalized spacial score (nSPS) is 27.7. The molecule has 0 radical (unpaired) electrons. The molecule has 2 fully saturated rings. The van der Waals surface area contributed by atoms with Gasteiger partial charge in [-0.2, -0.15) is 0 Å². The fourth-order valence-corrected chi connectivity index (χ4v) is 7.22. The zero-order valence-electron chi connectivity index (χ0n) is 24.8. The molecule has 6 rings (SSSR count). The second-order valence-electron chi connectivity index (χ2n) is 11.6. The van der Waals surface area contributed by atoms with Crippen molar-refractivity contribution in [2.24, 2.45) is 11.8 Å². The highest BCUT2D eigenvalue weighted by molar-refractivity contribution is 6.30. The summed E-state index contributed by atoms with van der Waals surface area (Å²) in [6.07, 6.45) is 9.83. The lowest BCUT2D eigenvalue weighted by Crippen LogP contribution is -2.55. The van der Waals surface area contributed by atoms with Crippen LogP contribution in [0, 0.1) is 11.8 Å². The molecule has 3 amide bonds. The maximum Gasteiger partial charge on any atom is 0.253 e. The molecule has 4 heterocycles. The molecular weight excluding hydrogens is 582 g/mol. The topological polar surface area (TPSA) is 99.6 Å². The molecular formula is C34H38ClN3O6. The van der Waals surface area contributed by atoms with Crippen molar-refractivity contribution in [3.05, 3.63) is 77.9 Å². The van der Waals surface area contributed by atoms with Crippen molar-refractivity contribution in [1.82, 2.24) is 4.90 Å². The van der Waals surface area contributed by atoms with E-state index in [4.69, 9.17) is 21.1 Å². The van der Waals surface area contributed by atoms with E-state index in [2.05, 4.69) is 0 Å². The lowest BCUT2D eigenvalue weighted by molar-refractivity contribution is -0.140. The summed E-state index contributed by atoms with van der Waals surface area (Å²) in [4.78, 5) is 48.3. The molecule has 2 saturated heterocycles. The van der Waals surface area contributed by atoms with E-state index in [9.17, 15) is 19.5 Å². The van der Waals surface area contributed by atoms with E-state index in [-0.39, 0.29) is 24.3 Å². The Labute approximate surface area is 262 Å². The van der Waals surface area contributed by atoms with Crippen LogP contribution in [0.25, 0.3) is 0 Å². The first kappa shape index (κ1) is 30.4. The Morgan fingerprint density at radius 2 is 1.55 bits per heavy atom. The van der Waals surface area contributed by atoms with Crippen LogP contribution in [0.5, 0.6) is 5.75 Å². The number of amides is 3. The van der Waals surface area contributed by atoms with Crippen molar-refractivity contribution in [2.75, 3.05) is 42.6 Å². The fourth-order valence-electron chi connectivity index (χ4n) is 7.10. The Morgan fingerprint density at radius 3 is 2.25 bits per heavy atom. The largest absolute Gasteiger partial charge is 0.494 e. The van der Waals surface area contributed by atoms with Gasteiger partial charge < -0.3 is 29.3 Å². The van der Waals surface area contributed by atoms with Gasteiger partial charge in [0.05, 0.1) is 24.5 Å². The van der Waals surface area contributed by atoms with Gasteiger partial charge in [0, 0.05) is 42.6 Å². The molecule has 2 aromatic rings. The number of benzene rings is 2. The smallest absolute Gasteiger partial charge is 0.253 e. The summed E-state index contributed by atoms with van der Waals surface area (Å²) in [6.45, 7) is 3.57. The van der Waals surface area contributed by atoms with Gasteiger partial charge in [-0.3, -0.25) is 14.4 Å². The van der Waals surface area contributed by atoms with Crippen LogP contribution < -0.4 is 14.5 Å². The fraction of sp³-hybridized carbons (Fsp3) is 0.441. The van der Waals surface area contributed by atoms with E-state index in [0.717, 1.165) is 12.8 Å². The number of aliphatic hydroxyl groups is 1. The van der Waals surface area contributed by atoms with E-state index in [1.165, 1.54) is 0 Å². The van der Waals surface area contributed by atoms with Gasteiger partial charge in [-0.15, -0.1) is 0 Å². The van der Waals surface area contributed by atoms with Crippen LogP contribution in [0.15, 0.2) is 72.8 Å². The SMILES string of the molecule is CCOc1ccc(N2CC=C[C@@H]3O[C@]45C=CCN(c6ccc(Cl)cc6)C(=O)C4N(CCCCCCO)C(=O)[C@@H]5[C@@H]3C2=O)cc1. The second-order valence-corrected chi connectivity index (χ2v) is 12.1. The maximum atomic E-state index is 14.5. The number of aliphatic hydroxyl groups excluding tert-OH is 1. The Hall–Kier alpha value is -3.66. The maximum absolute atomic E-state index is 14.5. The molecule has 4 aliphatic heterocycles. The molecule has 2 aromatic carbocycles. The first-order valence-corrected chi connectivity index (χ1v) is 15.8. The van der Waals surface area contributed by atoms with Crippen LogP contribution in [0.1, 0.15) is 32.6 Å². The second kappa shape index (κ2) is 12.8. The molecule has 44 heavy (non-hydrogen) atoms. The van der Waals surface area contributed by atoms with Crippen molar-refractivity contribution >= 4 is 40.7 Å². The lowest BCUT2D eigenvalue weighted by atomic mass is 9.77. The van der Waals surface area contributed by atoms with Crippen molar-refractivity contribution < 1.29 is 29.0 Å². The number of likely N-dealkylation sites (tertiary alicyclic amines) is 1. The van der Waals surface area contributed by atoms with Gasteiger partial charge in [0.2, 0.25) is 11.8 Å². The highest BCUT2D eigenvalue weighted by Crippen LogP contribution is 2.54. The van der Waals surface area contributed by atoms with Crippen LogP contribution in [-0.2, 0) is 19.1 Å². The number of rotatable bonds is 10. The third-order valence-corrected chi connectivity index (χ3v) is 9.32. The molecule has 0 aliphatic carbocycles. The highest BCUT2D eigenvalue weighted by atomic mass is 35.5. The molecule has 1 N–H and O–H groups in total. The molecule has 1 unspecified atom stereocenters. The number of ether oxygens (including phenoxy) is 2. The van der Waals surface area contributed by atoms with Gasteiger partial charge in [0.15, 0.2) is 0 Å². The summed E-state index contributed by atoms with van der Waals surface area (Å²) in [6, 6.07) is 13.5. The van der Waals surface area contributed by atoms with Gasteiger partial charge in [-0.05, 0) is 68.3 Å². The van der Waals surface area contributed by atoms with Crippen LogP contribution in [0.3, 0.4) is 0 Å². The third-order valence-electron chi connectivity index (χ3n) is 9.06. The predicted molar refractivity (Wildman–Crippen MR) is 168 cm³/mol. The van der Waals surface area contributed by atoms with E-state index < -0.39 is 29.6 Å². The van der Waals surface area contributed by atoms with Gasteiger partial charge in [-0.25, -0.2) is 0 Å². The summed E-state index contributed by atoms with van der Waals surface area (Å²) in [5, 5.41) is 9.77. The molecule has 0 bridgehead atoms. The number of nitrogens with zero attached hydrogens (tertiary/aromatic N) is 3. The minimum Gasteiger partial charge on any atom is -0.494 e. The first-order valence-electron chi connectivity index (χ1n) is 15.4. The van der Waals surface area contributed by atoms with E-state index in [1.54, 1.807) is 39.0 Å². The molecule has 9 nitrogen and oxygen atoms in total. The number of carbonyl (C=O) groups is 3. The minimum absolute atomic E-state index is 0.118. The summed E-state index contributed by atoms with van der Waals surface area (Å²) in [5.41, 5.74) is 0.0797. The molecule has 0 aromatic heterocycles. The Kier molecular flexibility index (Phi) is 8.80. The standard InChI is InChI=1S/C34H38ClN3O6/c1-2-43-26-16-14-25(15-17-26)36-20-7-9-27-28(31(36)40)29-32(41)38(19-5-3-4-6-22-39)30-33(42)37(21-8-18-34(29,30)44-27)24-12-10-23(35)11-13-24/h7-18,27-30,39H,2-6,19-22H2,1H3/t27-,28+,29-,30?,34-/m0/s1. The number of unbranched alkanes of at least 4 members (excludes halogenated alkanes) is 3. The third kappa shape index (κ3) is 5.31. The van der Waals surface area contributed by atoms with Crippen molar-refractivity contribution in [1.29, 1.82) is 0 Å². The minimum atomic E-state index is -1.29. The first-order chi connectivity index (χ1) is 21.4. The van der Waals surface area contributed by atoms with Gasteiger partial charge in [0.25, 0.3) is 5.91 Å². The zero-order chi connectivity index (χ0) is 30.8. The number of anilines is 2. The van der Waals surface area contributed by atoms with Crippen LogP contribution in [-0.4, -0.2) is 78.3 Å². The van der Waals surface area contributed by atoms with E-state index >= 15 is 0 Å². The van der Waals surface area contributed by atoms with Gasteiger partial charge >= 0.3 is 0 Å². The number of halogens is 1. The summed E-state index contributed by atoms with van der Waals surface area (Å²) >= 11 is 6.14. The number of carbonyl (C=O) groups excluding carboxylic acids is 3. The van der Waals surface area contributed by atoms with Crippen LogP contribution in [0.4, 0.5) is 11.4 Å². The molecule has 5 atom stereocenters. The Morgan fingerprint density at radius 1 is 0.886 bits per heavy atom. The van der Waals surface area contributed by atoms with E-state index in [0.29, 0.717) is 61.2 Å². The van der Waals surface area contributed by atoms with Gasteiger partial charge in [-0.1, -0.05) is 48.7 Å². The molecule has 4 aliphatic rings. The number of fused-ring (bicyclic) bond motifs is 2. The van der Waals surface area contributed by atoms with Crippen LogP contribution >= 0.6 is 11.6 Å². The summed E-state index contributed by atoms with van der Waals surface area (Å²) in [7, 11) is 0. The average Bonchev–Trinajstić information content (AvgIpc) is 3.33. The van der Waals surface area contributed by atoms with E-state index in [1.807, 2.05) is 55.5 Å².